The van der Waals surface area contributed by atoms with Crippen LogP contribution in [0.2, 0.25) is 0 Å². The van der Waals surface area contributed by atoms with Gasteiger partial charge in [0.15, 0.2) is 11.5 Å². The number of hydrogen-bond donors (Lipinski definition) is 0. The van der Waals surface area contributed by atoms with Crippen LogP contribution in [0.15, 0.2) is 48.7 Å². The highest BCUT2D eigenvalue weighted by Gasteiger charge is 2.09. The van der Waals surface area contributed by atoms with Crippen molar-refractivity contribution in [1.82, 2.24) is 9.78 Å². The Kier molecular flexibility index (Phi) is 3.77. The first kappa shape index (κ1) is 13.5. The van der Waals surface area contributed by atoms with Crippen LogP contribution in [0.1, 0.15) is 5.56 Å². The Hall–Kier alpha value is -2.49. The molecule has 1 aromatic heterocycles. The van der Waals surface area contributed by atoms with E-state index in [1.165, 1.54) is 5.56 Å². The van der Waals surface area contributed by atoms with Gasteiger partial charge in [0, 0.05) is 24.2 Å². The van der Waals surface area contributed by atoms with Gasteiger partial charge >= 0.3 is 0 Å². The van der Waals surface area contributed by atoms with E-state index in [1.807, 2.05) is 29.1 Å². The largest absolute Gasteiger partial charge is 0.493 e. The van der Waals surface area contributed by atoms with E-state index in [2.05, 4.69) is 29.4 Å². The third kappa shape index (κ3) is 2.84. The monoisotopic (exact) mass is 282 g/mol. The summed E-state index contributed by atoms with van der Waals surface area (Å²) in [4.78, 5) is 0. The number of hydrogen-bond acceptors (Lipinski definition) is 3. The average molecular weight is 282 g/mol. The van der Waals surface area contributed by atoms with Gasteiger partial charge in [-0.3, -0.25) is 4.68 Å². The van der Waals surface area contributed by atoms with E-state index in [9.17, 15) is 0 Å². The van der Waals surface area contributed by atoms with Crippen LogP contribution >= 0.6 is 0 Å². The highest BCUT2D eigenvalue weighted by molar-refractivity contribution is 5.82. The summed E-state index contributed by atoms with van der Waals surface area (Å²) >= 11 is 0. The Balaban J connectivity index is 1.84. The van der Waals surface area contributed by atoms with Crippen LogP contribution in [-0.4, -0.2) is 24.0 Å². The van der Waals surface area contributed by atoms with Gasteiger partial charge in [-0.25, -0.2) is 0 Å². The third-order valence-electron chi connectivity index (χ3n) is 3.53. The molecule has 0 saturated carbocycles. The number of nitrogens with zero attached hydrogens (tertiary/aromatic N) is 2. The zero-order chi connectivity index (χ0) is 14.7. The molecule has 0 aliphatic rings. The summed E-state index contributed by atoms with van der Waals surface area (Å²) in [6, 6.07) is 14.3. The second-order valence-electron chi connectivity index (χ2n) is 4.89. The molecule has 4 nitrogen and oxygen atoms in total. The van der Waals surface area contributed by atoms with Crippen molar-refractivity contribution in [3.63, 3.8) is 0 Å². The number of benzene rings is 2. The van der Waals surface area contributed by atoms with Crippen molar-refractivity contribution in [1.29, 1.82) is 0 Å². The van der Waals surface area contributed by atoms with Crippen LogP contribution in [0.25, 0.3) is 10.9 Å². The molecule has 0 spiro atoms. The molecule has 0 atom stereocenters. The van der Waals surface area contributed by atoms with Gasteiger partial charge in [-0.2, -0.15) is 5.10 Å². The highest BCUT2D eigenvalue weighted by Crippen LogP contribution is 2.31. The minimum absolute atomic E-state index is 0.707. The van der Waals surface area contributed by atoms with E-state index in [4.69, 9.17) is 9.47 Å². The molecule has 0 aliphatic heterocycles. The summed E-state index contributed by atoms with van der Waals surface area (Å²) in [5.74, 6) is 1.44. The lowest BCUT2D eigenvalue weighted by Gasteiger charge is -2.06. The summed E-state index contributed by atoms with van der Waals surface area (Å²) in [5, 5.41) is 5.65. The van der Waals surface area contributed by atoms with Crippen molar-refractivity contribution in [3.8, 4) is 11.5 Å². The smallest absolute Gasteiger partial charge is 0.162 e. The first-order chi connectivity index (χ1) is 10.3. The van der Waals surface area contributed by atoms with E-state index in [0.717, 1.165) is 29.6 Å². The SMILES string of the molecule is COc1cc2cn(CCc3ccccc3)nc2cc1OC. The molecule has 0 unspecified atom stereocenters. The van der Waals surface area contributed by atoms with E-state index in [-0.39, 0.29) is 0 Å². The molecular weight excluding hydrogens is 264 g/mol. The quantitative estimate of drug-likeness (QED) is 0.720. The molecule has 1 heterocycles. The molecule has 0 radical (unpaired) electrons. The Morgan fingerprint density at radius 1 is 1.00 bits per heavy atom. The molecule has 2 aromatic carbocycles. The van der Waals surface area contributed by atoms with Crippen LogP contribution < -0.4 is 9.47 Å². The maximum absolute atomic E-state index is 5.32. The normalized spacial score (nSPS) is 10.8. The van der Waals surface area contributed by atoms with Gasteiger partial charge in [0.05, 0.1) is 19.7 Å². The first-order valence-electron chi connectivity index (χ1n) is 6.93. The number of fused-ring (bicyclic) bond motifs is 1. The molecule has 3 rings (SSSR count). The number of methoxy groups -OCH3 is 2. The minimum atomic E-state index is 0.707. The second kappa shape index (κ2) is 5.87. The summed E-state index contributed by atoms with van der Waals surface area (Å²) in [6.07, 6.45) is 3.00. The van der Waals surface area contributed by atoms with E-state index in [1.54, 1.807) is 14.2 Å². The second-order valence-corrected chi connectivity index (χ2v) is 4.89. The van der Waals surface area contributed by atoms with Crippen molar-refractivity contribution in [3.05, 3.63) is 54.2 Å². The molecule has 0 N–H and O–H groups in total. The molecule has 0 amide bonds. The van der Waals surface area contributed by atoms with E-state index < -0.39 is 0 Å². The summed E-state index contributed by atoms with van der Waals surface area (Å²) < 4.78 is 12.6. The zero-order valence-electron chi connectivity index (χ0n) is 12.2. The maximum atomic E-state index is 5.32. The van der Waals surface area contributed by atoms with Crippen LogP contribution in [0, 0.1) is 0 Å². The van der Waals surface area contributed by atoms with Crippen molar-refractivity contribution in [2.75, 3.05) is 14.2 Å². The van der Waals surface area contributed by atoms with Gasteiger partial charge in [-0.05, 0) is 18.1 Å². The number of aromatic nitrogens is 2. The summed E-state index contributed by atoms with van der Waals surface area (Å²) in [7, 11) is 3.28. The molecule has 108 valence electrons. The molecular formula is C17H18N2O2. The Labute approximate surface area is 123 Å². The van der Waals surface area contributed by atoms with Gasteiger partial charge in [-0.15, -0.1) is 0 Å². The van der Waals surface area contributed by atoms with Gasteiger partial charge < -0.3 is 9.47 Å². The summed E-state index contributed by atoms with van der Waals surface area (Å²) in [6.45, 7) is 0.851. The lowest BCUT2D eigenvalue weighted by molar-refractivity contribution is 0.356. The van der Waals surface area contributed by atoms with Crippen molar-refractivity contribution < 1.29 is 9.47 Å². The molecule has 0 bridgehead atoms. The topological polar surface area (TPSA) is 36.3 Å². The first-order valence-corrected chi connectivity index (χ1v) is 6.93. The standard InChI is InChI=1S/C17H18N2O2/c1-20-16-10-14-12-19(18-15(14)11-17(16)21-2)9-8-13-6-4-3-5-7-13/h3-7,10-12H,8-9H2,1-2H3. The van der Waals surface area contributed by atoms with Crippen LogP contribution in [0.3, 0.4) is 0 Å². The molecule has 0 aliphatic carbocycles. The Morgan fingerprint density at radius 3 is 2.43 bits per heavy atom. The fourth-order valence-corrected chi connectivity index (χ4v) is 2.40. The summed E-state index contributed by atoms with van der Waals surface area (Å²) in [5.41, 5.74) is 2.23. The predicted molar refractivity (Wildman–Crippen MR) is 83.0 cm³/mol. The minimum Gasteiger partial charge on any atom is -0.493 e. The number of aryl methyl sites for hydroxylation is 2. The van der Waals surface area contributed by atoms with Crippen molar-refractivity contribution in [2.24, 2.45) is 0 Å². The average Bonchev–Trinajstić information content (AvgIpc) is 2.94. The molecule has 4 heteroatoms. The molecule has 0 saturated heterocycles. The van der Waals surface area contributed by atoms with Crippen molar-refractivity contribution in [2.45, 2.75) is 13.0 Å². The fourth-order valence-electron chi connectivity index (χ4n) is 2.40. The molecule has 3 aromatic rings. The van der Waals surface area contributed by atoms with Gasteiger partial charge in [0.2, 0.25) is 0 Å². The zero-order valence-corrected chi connectivity index (χ0v) is 12.2. The Morgan fingerprint density at radius 2 is 1.71 bits per heavy atom. The van der Waals surface area contributed by atoms with Crippen LogP contribution in [-0.2, 0) is 13.0 Å². The number of ether oxygens (including phenoxy) is 2. The highest BCUT2D eigenvalue weighted by atomic mass is 16.5. The predicted octanol–water partition coefficient (Wildman–Crippen LogP) is 3.30. The lowest BCUT2D eigenvalue weighted by atomic mass is 10.1. The molecule has 0 fully saturated rings. The Bertz CT molecular complexity index is 694. The van der Waals surface area contributed by atoms with E-state index in [0.29, 0.717) is 5.75 Å². The van der Waals surface area contributed by atoms with E-state index >= 15 is 0 Å². The van der Waals surface area contributed by atoms with Crippen molar-refractivity contribution >= 4 is 10.9 Å². The third-order valence-corrected chi connectivity index (χ3v) is 3.53. The van der Waals surface area contributed by atoms with Crippen LogP contribution in [0.5, 0.6) is 11.5 Å². The van der Waals surface area contributed by atoms with Gasteiger partial charge in [0.1, 0.15) is 0 Å². The van der Waals surface area contributed by atoms with Gasteiger partial charge in [0.25, 0.3) is 0 Å². The lowest BCUT2D eigenvalue weighted by Crippen LogP contribution is -2.01. The molecule has 21 heavy (non-hydrogen) atoms. The number of rotatable bonds is 5. The fraction of sp³-hybridized carbons (Fsp3) is 0.235. The van der Waals surface area contributed by atoms with Crippen LogP contribution in [0.4, 0.5) is 0 Å². The van der Waals surface area contributed by atoms with Gasteiger partial charge in [-0.1, -0.05) is 30.3 Å². The maximum Gasteiger partial charge on any atom is 0.162 e.